The van der Waals surface area contributed by atoms with Crippen LogP contribution in [-0.4, -0.2) is 24.2 Å². The molecule has 5 nitrogen and oxygen atoms in total. The van der Waals surface area contributed by atoms with E-state index in [1.807, 2.05) is 0 Å². The summed E-state index contributed by atoms with van der Waals surface area (Å²) >= 11 is 0. The van der Waals surface area contributed by atoms with E-state index in [1.54, 1.807) is 12.1 Å². The maximum Gasteiger partial charge on any atom is 0.416 e. The van der Waals surface area contributed by atoms with Crippen molar-refractivity contribution in [1.82, 2.24) is 0 Å². The van der Waals surface area contributed by atoms with Crippen LogP contribution in [0.3, 0.4) is 0 Å². The van der Waals surface area contributed by atoms with E-state index >= 15 is 0 Å². The van der Waals surface area contributed by atoms with Crippen molar-refractivity contribution in [2.24, 2.45) is 0 Å². The Bertz CT molecular complexity index is 787. The van der Waals surface area contributed by atoms with Gasteiger partial charge in [0.25, 0.3) is 0 Å². The van der Waals surface area contributed by atoms with Crippen molar-refractivity contribution in [3.05, 3.63) is 59.2 Å². The fraction of sp³-hybridized carbons (Fsp3) is 0.125. The number of carboxylic acid groups (broad SMARTS) is 1. The molecule has 0 aliphatic heterocycles. The molecule has 2 N–H and O–H groups in total. The molecule has 0 fully saturated rings. The summed E-state index contributed by atoms with van der Waals surface area (Å²) in [7, 11) is 1.16. The number of benzene rings is 2. The van der Waals surface area contributed by atoms with Gasteiger partial charge < -0.3 is 15.2 Å². The number of ether oxygens (including phenoxy) is 1. The number of esters is 1. The average Bonchev–Trinajstić information content (AvgIpc) is 2.53. The van der Waals surface area contributed by atoms with Gasteiger partial charge in [0.1, 0.15) is 0 Å². The molecule has 0 atom stereocenters. The van der Waals surface area contributed by atoms with Crippen LogP contribution in [0.2, 0.25) is 0 Å². The van der Waals surface area contributed by atoms with Gasteiger partial charge in [0.2, 0.25) is 0 Å². The lowest BCUT2D eigenvalue weighted by molar-refractivity contribution is -0.137. The molecule has 0 aliphatic carbocycles. The summed E-state index contributed by atoms with van der Waals surface area (Å²) in [5.74, 6) is -2.11. The fourth-order valence-corrected chi connectivity index (χ4v) is 2.04. The molecular weight excluding hydrogens is 327 g/mol. The van der Waals surface area contributed by atoms with Crippen molar-refractivity contribution in [3.8, 4) is 0 Å². The van der Waals surface area contributed by atoms with Gasteiger partial charge in [0.05, 0.1) is 35.2 Å². The van der Waals surface area contributed by atoms with Gasteiger partial charge in [0, 0.05) is 0 Å². The summed E-state index contributed by atoms with van der Waals surface area (Å²) < 4.78 is 43.2. The van der Waals surface area contributed by atoms with Crippen LogP contribution < -0.4 is 5.32 Å². The third-order valence-corrected chi connectivity index (χ3v) is 3.18. The number of aromatic carboxylic acids is 1. The second-order valence-electron chi connectivity index (χ2n) is 4.73. The van der Waals surface area contributed by atoms with Gasteiger partial charge in [-0.25, -0.2) is 9.59 Å². The minimum absolute atomic E-state index is 0.0637. The molecule has 0 heterocycles. The summed E-state index contributed by atoms with van der Waals surface area (Å²) in [5, 5.41) is 11.7. The van der Waals surface area contributed by atoms with Crippen LogP contribution in [0.1, 0.15) is 26.3 Å². The van der Waals surface area contributed by atoms with Crippen molar-refractivity contribution in [3.63, 3.8) is 0 Å². The standard InChI is InChI=1S/C16H12F3NO4/c1-24-15(23)11-4-2-3-5-12(11)20-13-8-9(16(17,18)19)6-7-10(13)14(21)22/h2-8,20H,1H3,(H,21,22). The van der Waals surface area contributed by atoms with E-state index in [-0.39, 0.29) is 22.5 Å². The Morgan fingerprint density at radius 3 is 2.29 bits per heavy atom. The number of nitrogens with one attached hydrogen (secondary N) is 1. The van der Waals surface area contributed by atoms with Crippen LogP contribution >= 0.6 is 0 Å². The maximum atomic E-state index is 12.9. The van der Waals surface area contributed by atoms with Crippen LogP contribution in [0.25, 0.3) is 0 Å². The van der Waals surface area contributed by atoms with Crippen LogP contribution in [-0.2, 0) is 10.9 Å². The Hall–Kier alpha value is -3.03. The predicted octanol–water partition coefficient (Wildman–Crippen LogP) is 3.93. The topological polar surface area (TPSA) is 75.6 Å². The van der Waals surface area contributed by atoms with Gasteiger partial charge in [0.15, 0.2) is 0 Å². The highest BCUT2D eigenvalue weighted by Gasteiger charge is 2.31. The fourth-order valence-electron chi connectivity index (χ4n) is 2.04. The number of anilines is 2. The van der Waals surface area contributed by atoms with Gasteiger partial charge in [-0.3, -0.25) is 0 Å². The van der Waals surface area contributed by atoms with Gasteiger partial charge in [-0.05, 0) is 30.3 Å². The minimum Gasteiger partial charge on any atom is -0.478 e. The largest absolute Gasteiger partial charge is 0.478 e. The first-order valence-electron chi connectivity index (χ1n) is 6.63. The second kappa shape index (κ2) is 6.61. The first kappa shape index (κ1) is 17.3. The molecule has 2 rings (SSSR count). The lowest BCUT2D eigenvalue weighted by Crippen LogP contribution is -2.11. The quantitative estimate of drug-likeness (QED) is 0.826. The monoisotopic (exact) mass is 339 g/mol. The SMILES string of the molecule is COC(=O)c1ccccc1Nc1cc(C(F)(F)F)ccc1C(=O)O. The summed E-state index contributed by atoms with van der Waals surface area (Å²) in [5.41, 5.74) is -1.46. The highest BCUT2D eigenvalue weighted by atomic mass is 19.4. The maximum absolute atomic E-state index is 12.9. The number of alkyl halides is 3. The molecule has 2 aromatic carbocycles. The predicted molar refractivity (Wildman–Crippen MR) is 79.5 cm³/mol. The Kier molecular flexibility index (Phi) is 4.77. The molecule has 0 saturated carbocycles. The zero-order chi connectivity index (χ0) is 17.9. The van der Waals surface area contributed by atoms with E-state index in [1.165, 1.54) is 12.1 Å². The smallest absolute Gasteiger partial charge is 0.416 e. The number of carbonyl (C=O) groups excluding carboxylic acids is 1. The number of methoxy groups -OCH3 is 1. The minimum atomic E-state index is -4.63. The average molecular weight is 339 g/mol. The summed E-state index contributed by atoms with van der Waals surface area (Å²) in [4.78, 5) is 22.9. The highest BCUT2D eigenvalue weighted by Crippen LogP contribution is 2.33. The van der Waals surface area contributed by atoms with Gasteiger partial charge >= 0.3 is 18.1 Å². The molecule has 0 radical (unpaired) electrons. The Morgan fingerprint density at radius 1 is 1.04 bits per heavy atom. The molecule has 0 saturated heterocycles. The number of carbonyl (C=O) groups is 2. The van der Waals surface area contributed by atoms with E-state index in [0.717, 1.165) is 13.2 Å². The molecule has 8 heteroatoms. The van der Waals surface area contributed by atoms with Crippen molar-refractivity contribution in [2.75, 3.05) is 12.4 Å². The van der Waals surface area contributed by atoms with E-state index in [9.17, 15) is 22.8 Å². The van der Waals surface area contributed by atoms with E-state index < -0.39 is 23.7 Å². The third-order valence-electron chi connectivity index (χ3n) is 3.18. The first-order valence-corrected chi connectivity index (χ1v) is 6.63. The van der Waals surface area contributed by atoms with Crippen LogP contribution in [0, 0.1) is 0 Å². The summed E-state index contributed by atoms with van der Waals surface area (Å²) in [6.45, 7) is 0. The van der Waals surface area contributed by atoms with Crippen molar-refractivity contribution >= 4 is 23.3 Å². The third kappa shape index (κ3) is 3.65. The first-order chi connectivity index (χ1) is 11.2. The number of rotatable bonds is 4. The normalized spacial score (nSPS) is 11.0. The molecule has 0 aromatic heterocycles. The lowest BCUT2D eigenvalue weighted by atomic mass is 10.1. The molecule has 0 amide bonds. The lowest BCUT2D eigenvalue weighted by Gasteiger charge is -2.15. The van der Waals surface area contributed by atoms with Crippen LogP contribution in [0.4, 0.5) is 24.5 Å². The molecule has 0 spiro atoms. The van der Waals surface area contributed by atoms with Crippen LogP contribution in [0.5, 0.6) is 0 Å². The molecule has 2 aromatic rings. The summed E-state index contributed by atoms with van der Waals surface area (Å²) in [6, 6.07) is 8.14. The van der Waals surface area contributed by atoms with E-state index in [2.05, 4.69) is 10.1 Å². The second-order valence-corrected chi connectivity index (χ2v) is 4.73. The Labute approximate surface area is 134 Å². The van der Waals surface area contributed by atoms with E-state index in [0.29, 0.717) is 12.1 Å². The van der Waals surface area contributed by atoms with E-state index in [4.69, 9.17) is 5.11 Å². The molecule has 0 aliphatic rings. The molecule has 0 bridgehead atoms. The Balaban J connectivity index is 2.53. The number of hydrogen-bond donors (Lipinski definition) is 2. The van der Waals surface area contributed by atoms with Gasteiger partial charge in [-0.15, -0.1) is 0 Å². The van der Waals surface area contributed by atoms with Crippen molar-refractivity contribution in [1.29, 1.82) is 0 Å². The molecule has 0 unspecified atom stereocenters. The molecule has 24 heavy (non-hydrogen) atoms. The van der Waals surface area contributed by atoms with Crippen molar-refractivity contribution < 1.29 is 32.6 Å². The Morgan fingerprint density at radius 2 is 1.71 bits per heavy atom. The van der Waals surface area contributed by atoms with Crippen LogP contribution in [0.15, 0.2) is 42.5 Å². The highest BCUT2D eigenvalue weighted by molar-refractivity contribution is 5.99. The number of halogens is 3. The molecule has 126 valence electrons. The summed E-state index contributed by atoms with van der Waals surface area (Å²) in [6.07, 6.45) is -4.63. The zero-order valence-corrected chi connectivity index (χ0v) is 12.3. The van der Waals surface area contributed by atoms with Crippen molar-refractivity contribution in [2.45, 2.75) is 6.18 Å². The number of hydrogen-bond acceptors (Lipinski definition) is 4. The number of carboxylic acids is 1. The zero-order valence-electron chi connectivity index (χ0n) is 12.3. The van der Waals surface area contributed by atoms with Gasteiger partial charge in [-0.2, -0.15) is 13.2 Å². The number of para-hydroxylation sites is 1. The molecular formula is C16H12F3NO4. The van der Waals surface area contributed by atoms with Gasteiger partial charge in [-0.1, -0.05) is 12.1 Å².